The Morgan fingerprint density at radius 3 is 2.26 bits per heavy atom. The molecule has 0 saturated heterocycles. The molecule has 3 nitrogen and oxygen atoms in total. The van der Waals surface area contributed by atoms with Crippen molar-refractivity contribution in [3.63, 3.8) is 0 Å². The van der Waals surface area contributed by atoms with Crippen LogP contribution in [0.25, 0.3) is 0 Å². The molecule has 1 aliphatic rings. The maximum absolute atomic E-state index is 12.3. The Kier molecular flexibility index (Phi) is 4.25. The molecule has 0 spiro atoms. The van der Waals surface area contributed by atoms with Crippen molar-refractivity contribution in [2.75, 3.05) is 0 Å². The summed E-state index contributed by atoms with van der Waals surface area (Å²) in [6.07, 6.45) is 3.14. The molecule has 3 heteroatoms. The Bertz CT molecular complexity index is 474. The molecule has 0 unspecified atom stereocenters. The second-order valence-electron chi connectivity index (χ2n) is 5.73. The summed E-state index contributed by atoms with van der Waals surface area (Å²) >= 11 is 0. The van der Waals surface area contributed by atoms with Crippen molar-refractivity contribution >= 4 is 5.91 Å². The third-order valence-electron chi connectivity index (χ3n) is 4.12. The van der Waals surface area contributed by atoms with Gasteiger partial charge in [0.05, 0.1) is 6.10 Å². The Balaban J connectivity index is 2.06. The first-order valence-electron chi connectivity index (χ1n) is 7.04. The van der Waals surface area contributed by atoms with Crippen molar-refractivity contribution < 1.29 is 9.90 Å². The number of hydrogen-bond donors (Lipinski definition) is 2. The van der Waals surface area contributed by atoms with E-state index in [9.17, 15) is 9.90 Å². The molecule has 0 heterocycles. The zero-order valence-electron chi connectivity index (χ0n) is 12.0. The molecule has 0 aliphatic heterocycles. The summed E-state index contributed by atoms with van der Waals surface area (Å²) in [5.74, 6) is 0.0157. The zero-order chi connectivity index (χ0) is 14.0. The van der Waals surface area contributed by atoms with Gasteiger partial charge in [0.2, 0.25) is 0 Å². The molecular weight excluding hydrogens is 238 g/mol. The van der Waals surface area contributed by atoms with Gasteiger partial charge >= 0.3 is 0 Å². The molecule has 1 saturated carbocycles. The predicted octanol–water partition coefficient (Wildman–Crippen LogP) is 2.65. The van der Waals surface area contributed by atoms with Gasteiger partial charge in [0.15, 0.2) is 0 Å². The van der Waals surface area contributed by atoms with E-state index in [2.05, 4.69) is 18.3 Å². The van der Waals surface area contributed by atoms with Crippen molar-refractivity contribution in [2.24, 2.45) is 0 Å². The Morgan fingerprint density at radius 2 is 1.63 bits per heavy atom. The van der Waals surface area contributed by atoms with Crippen molar-refractivity contribution in [3.8, 4) is 0 Å². The lowest BCUT2D eigenvalue weighted by Gasteiger charge is -2.26. The Hall–Kier alpha value is -1.35. The van der Waals surface area contributed by atoms with Gasteiger partial charge in [-0.05, 0) is 69.2 Å². The lowest BCUT2D eigenvalue weighted by atomic mass is 9.92. The lowest BCUT2D eigenvalue weighted by Crippen LogP contribution is -2.38. The first-order valence-corrected chi connectivity index (χ1v) is 7.04. The second-order valence-corrected chi connectivity index (χ2v) is 5.73. The number of rotatable bonds is 2. The zero-order valence-corrected chi connectivity index (χ0v) is 12.0. The molecule has 2 N–H and O–H groups in total. The van der Waals surface area contributed by atoms with Crippen LogP contribution in [0.15, 0.2) is 12.1 Å². The first kappa shape index (κ1) is 14.1. The molecule has 2 rings (SSSR count). The monoisotopic (exact) mass is 261 g/mol. The largest absolute Gasteiger partial charge is 0.393 e. The maximum Gasteiger partial charge on any atom is 0.251 e. The van der Waals surface area contributed by atoms with Crippen LogP contribution < -0.4 is 5.32 Å². The Morgan fingerprint density at radius 1 is 1.05 bits per heavy atom. The summed E-state index contributed by atoms with van der Waals surface area (Å²) < 4.78 is 0. The van der Waals surface area contributed by atoms with E-state index in [4.69, 9.17) is 0 Å². The second kappa shape index (κ2) is 5.74. The molecule has 1 aromatic rings. The van der Waals surface area contributed by atoms with Crippen LogP contribution in [-0.2, 0) is 0 Å². The Labute approximate surface area is 115 Å². The standard InChI is InChI=1S/C16H23NO2/c1-10-8-12(3)15(9-11(10)2)16(19)17-13-4-6-14(18)7-5-13/h8-9,13-14,18H,4-7H2,1-3H3,(H,17,19). The number of carbonyl (C=O) groups excluding carboxylic acids is 1. The van der Waals surface area contributed by atoms with E-state index in [0.29, 0.717) is 0 Å². The van der Waals surface area contributed by atoms with Crippen LogP contribution in [0.4, 0.5) is 0 Å². The van der Waals surface area contributed by atoms with Gasteiger partial charge < -0.3 is 10.4 Å². The topological polar surface area (TPSA) is 49.3 Å². The number of benzene rings is 1. The summed E-state index contributed by atoms with van der Waals surface area (Å²) in [6, 6.07) is 4.24. The third kappa shape index (κ3) is 3.35. The van der Waals surface area contributed by atoms with E-state index in [1.54, 1.807) is 0 Å². The van der Waals surface area contributed by atoms with E-state index in [1.807, 2.05) is 19.9 Å². The summed E-state index contributed by atoms with van der Waals surface area (Å²) in [6.45, 7) is 6.07. The number of aryl methyl sites for hydroxylation is 3. The van der Waals surface area contributed by atoms with Gasteiger partial charge in [-0.3, -0.25) is 4.79 Å². The van der Waals surface area contributed by atoms with Crippen molar-refractivity contribution in [1.29, 1.82) is 0 Å². The average Bonchev–Trinajstić information content (AvgIpc) is 2.36. The van der Waals surface area contributed by atoms with E-state index in [0.717, 1.165) is 42.4 Å². The first-order chi connectivity index (χ1) is 8.97. The van der Waals surface area contributed by atoms with Gasteiger partial charge in [0.25, 0.3) is 5.91 Å². The smallest absolute Gasteiger partial charge is 0.251 e. The average molecular weight is 261 g/mol. The summed E-state index contributed by atoms with van der Waals surface area (Å²) in [5.41, 5.74) is 4.16. The van der Waals surface area contributed by atoms with Crippen LogP contribution in [0.2, 0.25) is 0 Å². The molecule has 0 radical (unpaired) electrons. The quantitative estimate of drug-likeness (QED) is 0.860. The highest BCUT2D eigenvalue weighted by atomic mass is 16.3. The molecule has 0 aromatic heterocycles. The van der Waals surface area contributed by atoms with Crippen LogP contribution in [-0.4, -0.2) is 23.2 Å². The van der Waals surface area contributed by atoms with E-state index in [1.165, 1.54) is 5.56 Å². The van der Waals surface area contributed by atoms with E-state index >= 15 is 0 Å². The number of aliphatic hydroxyl groups is 1. The normalized spacial score (nSPS) is 23.2. The number of hydrogen-bond acceptors (Lipinski definition) is 2. The van der Waals surface area contributed by atoms with Gasteiger partial charge in [-0.2, -0.15) is 0 Å². The predicted molar refractivity (Wildman–Crippen MR) is 76.4 cm³/mol. The molecule has 0 atom stereocenters. The van der Waals surface area contributed by atoms with Gasteiger partial charge in [0.1, 0.15) is 0 Å². The molecule has 1 aromatic carbocycles. The summed E-state index contributed by atoms with van der Waals surface area (Å²) in [5, 5.41) is 12.6. The number of carbonyl (C=O) groups is 1. The third-order valence-corrected chi connectivity index (χ3v) is 4.12. The summed E-state index contributed by atoms with van der Waals surface area (Å²) in [4.78, 5) is 12.3. The molecule has 1 aliphatic carbocycles. The highest BCUT2D eigenvalue weighted by molar-refractivity contribution is 5.96. The van der Waals surface area contributed by atoms with Crippen LogP contribution in [0.3, 0.4) is 0 Å². The van der Waals surface area contributed by atoms with Gasteiger partial charge in [0, 0.05) is 11.6 Å². The fourth-order valence-corrected chi connectivity index (χ4v) is 2.69. The van der Waals surface area contributed by atoms with Crippen LogP contribution in [0.1, 0.15) is 52.7 Å². The van der Waals surface area contributed by atoms with Gasteiger partial charge in [-0.15, -0.1) is 0 Å². The SMILES string of the molecule is Cc1cc(C)c(C(=O)NC2CCC(O)CC2)cc1C. The highest BCUT2D eigenvalue weighted by Crippen LogP contribution is 2.20. The number of aliphatic hydroxyl groups excluding tert-OH is 1. The lowest BCUT2D eigenvalue weighted by molar-refractivity contribution is 0.0867. The maximum atomic E-state index is 12.3. The van der Waals surface area contributed by atoms with Gasteiger partial charge in [-0.1, -0.05) is 6.07 Å². The number of amides is 1. The highest BCUT2D eigenvalue weighted by Gasteiger charge is 2.21. The van der Waals surface area contributed by atoms with E-state index in [-0.39, 0.29) is 18.1 Å². The van der Waals surface area contributed by atoms with Crippen molar-refractivity contribution in [1.82, 2.24) is 5.32 Å². The fraction of sp³-hybridized carbons (Fsp3) is 0.562. The molecule has 0 bridgehead atoms. The molecule has 104 valence electrons. The minimum absolute atomic E-state index is 0.0157. The fourth-order valence-electron chi connectivity index (χ4n) is 2.69. The van der Waals surface area contributed by atoms with Crippen LogP contribution in [0.5, 0.6) is 0 Å². The minimum Gasteiger partial charge on any atom is -0.393 e. The molecule has 19 heavy (non-hydrogen) atoms. The molecule has 1 amide bonds. The number of nitrogens with one attached hydrogen (secondary N) is 1. The van der Waals surface area contributed by atoms with Crippen LogP contribution in [0, 0.1) is 20.8 Å². The molecule has 1 fully saturated rings. The summed E-state index contributed by atoms with van der Waals surface area (Å²) in [7, 11) is 0. The molecular formula is C16H23NO2. The van der Waals surface area contributed by atoms with Crippen molar-refractivity contribution in [3.05, 3.63) is 34.4 Å². The van der Waals surface area contributed by atoms with Crippen LogP contribution >= 0.6 is 0 Å². The van der Waals surface area contributed by atoms with Crippen molar-refractivity contribution in [2.45, 2.75) is 58.6 Å². The van der Waals surface area contributed by atoms with E-state index < -0.39 is 0 Å². The van der Waals surface area contributed by atoms with Gasteiger partial charge in [-0.25, -0.2) is 0 Å². The minimum atomic E-state index is -0.184.